The molecule has 28 heavy (non-hydrogen) atoms. The van der Waals surface area contributed by atoms with E-state index in [9.17, 15) is 15.0 Å². The lowest BCUT2D eigenvalue weighted by Gasteiger charge is -2.19. The molecule has 0 aliphatic heterocycles. The smallest absolute Gasteiger partial charge is 0.306 e. The third-order valence-electron chi connectivity index (χ3n) is 5.71. The molecule has 0 heterocycles. The number of unbranched alkanes of at least 4 members (excludes halogenated alkanes) is 7. The Balaban J connectivity index is 2.67. The number of hydrogen-bond acceptors (Lipinski definition) is 2. The summed E-state index contributed by atoms with van der Waals surface area (Å²) < 4.78 is 0. The highest BCUT2D eigenvalue weighted by atomic mass is 16.4. The number of carboxylic acid groups (broad SMARTS) is 1. The first-order valence-corrected chi connectivity index (χ1v) is 11.4. The summed E-state index contributed by atoms with van der Waals surface area (Å²) >= 11 is 0. The number of aliphatic carboxylic acids is 1. The highest BCUT2D eigenvalue weighted by Gasteiger charge is 2.21. The Kier molecular flexibility index (Phi) is 11.3. The lowest BCUT2D eigenvalue weighted by Crippen LogP contribution is -2.17. The molecule has 0 aliphatic carbocycles. The molecule has 1 aromatic carbocycles. The van der Waals surface area contributed by atoms with E-state index in [0.717, 1.165) is 36.0 Å². The molecule has 3 nitrogen and oxygen atoms in total. The van der Waals surface area contributed by atoms with Crippen molar-refractivity contribution in [3.05, 3.63) is 28.8 Å². The lowest BCUT2D eigenvalue weighted by molar-refractivity contribution is -0.142. The van der Waals surface area contributed by atoms with Gasteiger partial charge in [-0.05, 0) is 41.4 Å². The molecular weight excluding hydrogens is 348 g/mol. The molecule has 2 N–H and O–H groups in total. The van der Waals surface area contributed by atoms with Crippen LogP contribution in [0.4, 0.5) is 0 Å². The van der Waals surface area contributed by atoms with Gasteiger partial charge in [0, 0.05) is 0 Å². The van der Waals surface area contributed by atoms with Gasteiger partial charge in [0.05, 0.1) is 5.92 Å². The highest BCUT2D eigenvalue weighted by Crippen LogP contribution is 2.35. The van der Waals surface area contributed by atoms with E-state index < -0.39 is 5.97 Å². The first-order chi connectivity index (χ1) is 13.3. The predicted molar refractivity (Wildman–Crippen MR) is 118 cm³/mol. The van der Waals surface area contributed by atoms with Crippen molar-refractivity contribution in [2.75, 3.05) is 0 Å². The molecule has 0 bridgehead atoms. The van der Waals surface area contributed by atoms with Crippen LogP contribution in [0, 0.1) is 5.92 Å². The van der Waals surface area contributed by atoms with E-state index in [-0.39, 0.29) is 17.8 Å². The minimum atomic E-state index is -0.701. The molecule has 0 radical (unpaired) electrons. The van der Waals surface area contributed by atoms with Gasteiger partial charge in [-0.1, -0.05) is 98.1 Å². The fourth-order valence-electron chi connectivity index (χ4n) is 3.86. The van der Waals surface area contributed by atoms with Crippen molar-refractivity contribution in [3.8, 4) is 5.75 Å². The summed E-state index contributed by atoms with van der Waals surface area (Å²) in [5.74, 6) is -0.233. The second kappa shape index (κ2) is 12.9. The topological polar surface area (TPSA) is 57.5 Å². The first kappa shape index (κ1) is 24.5. The molecule has 0 aromatic heterocycles. The fourth-order valence-corrected chi connectivity index (χ4v) is 3.86. The van der Waals surface area contributed by atoms with Gasteiger partial charge in [0.15, 0.2) is 0 Å². The van der Waals surface area contributed by atoms with E-state index in [0.29, 0.717) is 12.2 Å². The Bertz CT molecular complexity index is 560. The van der Waals surface area contributed by atoms with Gasteiger partial charge in [-0.3, -0.25) is 4.79 Å². The van der Waals surface area contributed by atoms with Crippen molar-refractivity contribution in [1.82, 2.24) is 0 Å². The van der Waals surface area contributed by atoms with Crippen LogP contribution in [-0.2, 0) is 11.2 Å². The monoisotopic (exact) mass is 390 g/mol. The third-order valence-corrected chi connectivity index (χ3v) is 5.71. The summed E-state index contributed by atoms with van der Waals surface area (Å²) in [5.41, 5.74) is 2.90. The SMILES string of the molecule is CCCCCCCCCCC(Cc1cc(C(C)C)c(O)c(C(C)C)c1)C(=O)O. The normalized spacial score (nSPS) is 12.7. The molecule has 3 heteroatoms. The van der Waals surface area contributed by atoms with Gasteiger partial charge < -0.3 is 10.2 Å². The Hall–Kier alpha value is -1.51. The van der Waals surface area contributed by atoms with Crippen LogP contribution >= 0.6 is 0 Å². The average molecular weight is 391 g/mol. The van der Waals surface area contributed by atoms with Gasteiger partial charge in [0.2, 0.25) is 0 Å². The maximum Gasteiger partial charge on any atom is 0.306 e. The minimum absolute atomic E-state index is 0.216. The summed E-state index contributed by atoms with van der Waals surface area (Å²) in [5, 5.41) is 20.3. The first-order valence-electron chi connectivity index (χ1n) is 11.4. The predicted octanol–water partition coefficient (Wildman–Crippen LogP) is 7.41. The van der Waals surface area contributed by atoms with Crippen molar-refractivity contribution >= 4 is 5.97 Å². The Morgan fingerprint density at radius 3 is 1.75 bits per heavy atom. The zero-order valence-electron chi connectivity index (χ0n) is 18.8. The second-order valence-corrected chi connectivity index (χ2v) is 8.94. The molecule has 1 unspecified atom stereocenters. The van der Waals surface area contributed by atoms with Crippen LogP contribution in [0.5, 0.6) is 5.75 Å². The van der Waals surface area contributed by atoms with Crippen LogP contribution in [-0.4, -0.2) is 16.2 Å². The number of hydrogen-bond donors (Lipinski definition) is 2. The van der Waals surface area contributed by atoms with Gasteiger partial charge in [-0.25, -0.2) is 0 Å². The Morgan fingerprint density at radius 1 is 0.857 bits per heavy atom. The van der Waals surface area contributed by atoms with Gasteiger partial charge in [-0.15, -0.1) is 0 Å². The number of aromatic hydroxyl groups is 1. The molecule has 160 valence electrons. The number of carboxylic acids is 1. The van der Waals surface area contributed by atoms with E-state index >= 15 is 0 Å². The van der Waals surface area contributed by atoms with E-state index in [1.54, 1.807) is 0 Å². The van der Waals surface area contributed by atoms with Gasteiger partial charge in [0.25, 0.3) is 0 Å². The van der Waals surface area contributed by atoms with E-state index in [1.807, 2.05) is 12.1 Å². The zero-order chi connectivity index (χ0) is 21.1. The van der Waals surface area contributed by atoms with E-state index in [4.69, 9.17) is 0 Å². The van der Waals surface area contributed by atoms with Crippen LogP contribution < -0.4 is 0 Å². The van der Waals surface area contributed by atoms with Crippen molar-refractivity contribution in [1.29, 1.82) is 0 Å². The maximum absolute atomic E-state index is 11.8. The Morgan fingerprint density at radius 2 is 1.32 bits per heavy atom. The highest BCUT2D eigenvalue weighted by molar-refractivity contribution is 5.70. The van der Waals surface area contributed by atoms with Crippen molar-refractivity contribution < 1.29 is 15.0 Å². The Labute approximate surface area is 172 Å². The van der Waals surface area contributed by atoms with Crippen molar-refractivity contribution in [2.24, 2.45) is 5.92 Å². The largest absolute Gasteiger partial charge is 0.507 e. The molecule has 0 saturated heterocycles. The maximum atomic E-state index is 11.8. The summed E-state index contributed by atoms with van der Waals surface area (Å²) in [4.78, 5) is 11.8. The van der Waals surface area contributed by atoms with Crippen molar-refractivity contribution in [3.63, 3.8) is 0 Å². The molecule has 0 saturated carbocycles. The molecule has 0 fully saturated rings. The van der Waals surface area contributed by atoms with E-state index in [2.05, 4.69) is 34.6 Å². The minimum Gasteiger partial charge on any atom is -0.507 e. The summed E-state index contributed by atoms with van der Waals surface area (Å²) in [6.07, 6.45) is 11.1. The van der Waals surface area contributed by atoms with Crippen LogP contribution in [0.3, 0.4) is 0 Å². The summed E-state index contributed by atoms with van der Waals surface area (Å²) in [7, 11) is 0. The van der Waals surface area contributed by atoms with Crippen LogP contribution in [0.2, 0.25) is 0 Å². The third kappa shape index (κ3) is 8.24. The molecule has 0 spiro atoms. The van der Waals surface area contributed by atoms with Gasteiger partial charge in [0.1, 0.15) is 5.75 Å². The molecule has 0 amide bonds. The lowest BCUT2D eigenvalue weighted by atomic mass is 9.87. The molecule has 1 rings (SSSR count). The number of phenolic OH excluding ortho intramolecular Hbond substituents is 1. The quantitative estimate of drug-likeness (QED) is 0.325. The molecule has 0 aliphatic rings. The van der Waals surface area contributed by atoms with Crippen molar-refractivity contribution in [2.45, 2.75) is 111 Å². The number of carbonyl (C=O) groups is 1. The zero-order valence-corrected chi connectivity index (χ0v) is 18.8. The average Bonchev–Trinajstić information content (AvgIpc) is 2.63. The summed E-state index contributed by atoms with van der Waals surface area (Å²) in [6.45, 7) is 10.5. The van der Waals surface area contributed by atoms with Crippen LogP contribution in [0.25, 0.3) is 0 Å². The van der Waals surface area contributed by atoms with Gasteiger partial charge >= 0.3 is 5.97 Å². The van der Waals surface area contributed by atoms with Crippen LogP contribution in [0.15, 0.2) is 12.1 Å². The number of benzene rings is 1. The molecular formula is C25H42O3. The van der Waals surface area contributed by atoms with Crippen LogP contribution in [0.1, 0.15) is 121 Å². The van der Waals surface area contributed by atoms with E-state index in [1.165, 1.54) is 38.5 Å². The van der Waals surface area contributed by atoms with Gasteiger partial charge in [-0.2, -0.15) is 0 Å². The summed E-state index contributed by atoms with van der Waals surface area (Å²) in [6, 6.07) is 4.02. The molecule has 1 atom stereocenters. The second-order valence-electron chi connectivity index (χ2n) is 8.94. The number of phenols is 1. The molecule has 1 aromatic rings. The fraction of sp³-hybridized carbons (Fsp3) is 0.720. The number of rotatable bonds is 14. The standard InChI is InChI=1S/C25H42O3/c1-6-7-8-9-10-11-12-13-14-21(25(27)28)15-20-16-22(18(2)3)24(26)23(17-20)19(4)5/h16-19,21,26H,6-15H2,1-5H3,(H,27,28).